The van der Waals surface area contributed by atoms with Gasteiger partial charge < -0.3 is 14.7 Å². The van der Waals surface area contributed by atoms with E-state index in [9.17, 15) is 5.11 Å². The predicted molar refractivity (Wildman–Crippen MR) is 85.7 cm³/mol. The number of nitrogens with zero attached hydrogens (tertiary/aromatic N) is 2. The van der Waals surface area contributed by atoms with Crippen LogP contribution in [0.2, 0.25) is 0 Å². The van der Waals surface area contributed by atoms with Gasteiger partial charge in [-0.25, -0.2) is 4.98 Å². The molecule has 0 radical (unpaired) electrons. The molecule has 0 saturated carbocycles. The molecule has 1 aliphatic heterocycles. The van der Waals surface area contributed by atoms with Crippen molar-refractivity contribution in [3.63, 3.8) is 0 Å². The Morgan fingerprint density at radius 2 is 2.14 bits per heavy atom. The summed E-state index contributed by atoms with van der Waals surface area (Å²) in [5.74, 6) is 1.56. The molecule has 1 unspecified atom stereocenters. The van der Waals surface area contributed by atoms with E-state index in [2.05, 4.69) is 25.7 Å². The number of piperidine rings is 1. The van der Waals surface area contributed by atoms with E-state index in [-0.39, 0.29) is 12.0 Å². The topological polar surface area (TPSA) is 45.6 Å². The molecule has 0 bridgehead atoms. The first-order chi connectivity index (χ1) is 9.94. The van der Waals surface area contributed by atoms with Crippen LogP contribution in [0.15, 0.2) is 12.1 Å². The van der Waals surface area contributed by atoms with Crippen LogP contribution in [-0.2, 0) is 16.8 Å². The van der Waals surface area contributed by atoms with Gasteiger partial charge in [-0.05, 0) is 36.5 Å². The molecule has 0 amide bonds. The first kappa shape index (κ1) is 16.2. The highest BCUT2D eigenvalue weighted by molar-refractivity contribution is 5.44. The minimum absolute atomic E-state index is 0.0123. The second-order valence-corrected chi connectivity index (χ2v) is 7.04. The summed E-state index contributed by atoms with van der Waals surface area (Å²) in [4.78, 5) is 7.18. The summed E-state index contributed by atoms with van der Waals surface area (Å²) < 4.78 is 5.30. The van der Waals surface area contributed by atoms with Crippen molar-refractivity contribution in [1.29, 1.82) is 0 Å². The molecule has 1 saturated heterocycles. The second-order valence-electron chi connectivity index (χ2n) is 7.04. The Morgan fingerprint density at radius 3 is 2.76 bits per heavy atom. The van der Waals surface area contributed by atoms with Crippen molar-refractivity contribution in [2.75, 3.05) is 31.7 Å². The van der Waals surface area contributed by atoms with Gasteiger partial charge in [-0.2, -0.15) is 0 Å². The molecule has 2 rings (SSSR count). The molecular weight excluding hydrogens is 264 g/mol. The zero-order valence-electron chi connectivity index (χ0n) is 13.7. The molecule has 21 heavy (non-hydrogen) atoms. The molecule has 1 aromatic rings. The second kappa shape index (κ2) is 6.75. The van der Waals surface area contributed by atoms with E-state index < -0.39 is 0 Å². The van der Waals surface area contributed by atoms with E-state index in [1.807, 2.05) is 12.1 Å². The maximum atomic E-state index is 9.52. The quantitative estimate of drug-likeness (QED) is 0.927. The summed E-state index contributed by atoms with van der Waals surface area (Å²) in [5.41, 5.74) is 1.97. The first-order valence-electron chi connectivity index (χ1n) is 7.80. The Balaban J connectivity index is 2.25. The van der Waals surface area contributed by atoms with Crippen molar-refractivity contribution in [1.82, 2.24) is 4.98 Å². The number of hydrogen-bond acceptors (Lipinski definition) is 4. The maximum absolute atomic E-state index is 9.52. The van der Waals surface area contributed by atoms with E-state index >= 15 is 0 Å². The highest BCUT2D eigenvalue weighted by Gasteiger charge is 2.23. The van der Waals surface area contributed by atoms with Crippen molar-refractivity contribution in [2.24, 2.45) is 5.92 Å². The van der Waals surface area contributed by atoms with E-state index in [1.165, 1.54) is 12.8 Å². The minimum atomic E-state index is -0.0123. The van der Waals surface area contributed by atoms with Crippen LogP contribution in [0.3, 0.4) is 0 Å². The molecule has 4 nitrogen and oxygen atoms in total. The van der Waals surface area contributed by atoms with Crippen LogP contribution in [0.5, 0.6) is 0 Å². The van der Waals surface area contributed by atoms with Crippen LogP contribution in [0.1, 0.15) is 44.9 Å². The number of aromatic nitrogens is 1. The van der Waals surface area contributed by atoms with Crippen LogP contribution in [0.4, 0.5) is 5.82 Å². The number of aliphatic hydroxyl groups excluding tert-OH is 1. The van der Waals surface area contributed by atoms with Crippen LogP contribution in [0, 0.1) is 5.92 Å². The Bertz CT molecular complexity index is 466. The van der Waals surface area contributed by atoms with Crippen LogP contribution >= 0.6 is 0 Å². The summed E-state index contributed by atoms with van der Waals surface area (Å²) in [6.07, 6.45) is 2.39. The molecule has 1 aromatic heterocycles. The molecule has 1 fully saturated rings. The molecule has 1 atom stereocenters. The van der Waals surface area contributed by atoms with Gasteiger partial charge in [-0.15, -0.1) is 0 Å². The van der Waals surface area contributed by atoms with Crippen LogP contribution in [-0.4, -0.2) is 36.9 Å². The van der Waals surface area contributed by atoms with Crippen molar-refractivity contribution in [3.8, 4) is 0 Å². The normalized spacial score (nSPS) is 19.9. The number of anilines is 1. The van der Waals surface area contributed by atoms with Crippen molar-refractivity contribution >= 4 is 5.82 Å². The molecule has 2 heterocycles. The summed E-state index contributed by atoms with van der Waals surface area (Å²) in [6.45, 7) is 9.36. The largest absolute Gasteiger partial charge is 0.392 e. The number of ether oxygens (including phenoxy) is 1. The van der Waals surface area contributed by atoms with E-state index in [4.69, 9.17) is 9.72 Å². The van der Waals surface area contributed by atoms with Gasteiger partial charge in [0.05, 0.1) is 13.2 Å². The summed E-state index contributed by atoms with van der Waals surface area (Å²) >= 11 is 0. The van der Waals surface area contributed by atoms with Gasteiger partial charge in [0, 0.05) is 31.3 Å². The molecule has 1 aliphatic rings. The maximum Gasteiger partial charge on any atom is 0.129 e. The summed E-state index contributed by atoms with van der Waals surface area (Å²) in [7, 11) is 1.77. The molecule has 0 spiro atoms. The SMILES string of the molecule is COCC1CCCN(c2cc(CO)cc(C(C)(C)C)n2)C1. The number of rotatable bonds is 4. The highest BCUT2D eigenvalue weighted by atomic mass is 16.5. The molecule has 0 aliphatic carbocycles. The third-order valence-electron chi connectivity index (χ3n) is 4.07. The van der Waals surface area contributed by atoms with Gasteiger partial charge in [-0.1, -0.05) is 20.8 Å². The third kappa shape index (κ3) is 4.17. The lowest BCUT2D eigenvalue weighted by Gasteiger charge is -2.34. The summed E-state index contributed by atoms with van der Waals surface area (Å²) in [5, 5.41) is 9.52. The monoisotopic (exact) mass is 292 g/mol. The fraction of sp³-hybridized carbons (Fsp3) is 0.706. The third-order valence-corrected chi connectivity index (χ3v) is 4.07. The number of hydrogen-bond donors (Lipinski definition) is 1. The van der Waals surface area contributed by atoms with Gasteiger partial charge in [0.2, 0.25) is 0 Å². The summed E-state index contributed by atoms with van der Waals surface area (Å²) in [6, 6.07) is 4.03. The lowest BCUT2D eigenvalue weighted by Crippen LogP contribution is -2.38. The standard InChI is InChI=1S/C17H28N2O2/c1-17(2,3)15-8-14(11-20)9-16(18-15)19-7-5-6-13(10-19)12-21-4/h8-9,13,20H,5-7,10-12H2,1-4H3. The molecule has 118 valence electrons. The zero-order chi connectivity index (χ0) is 15.5. The number of aliphatic hydroxyl groups is 1. The zero-order valence-corrected chi connectivity index (χ0v) is 13.7. The minimum Gasteiger partial charge on any atom is -0.392 e. The van der Waals surface area contributed by atoms with Crippen LogP contribution in [0.25, 0.3) is 0 Å². The number of methoxy groups -OCH3 is 1. The Labute approximate surface area is 128 Å². The van der Waals surface area contributed by atoms with Gasteiger partial charge in [0.25, 0.3) is 0 Å². The van der Waals surface area contributed by atoms with E-state index in [0.29, 0.717) is 5.92 Å². The first-order valence-corrected chi connectivity index (χ1v) is 7.80. The molecule has 1 N–H and O–H groups in total. The van der Waals surface area contributed by atoms with Crippen molar-refractivity contribution < 1.29 is 9.84 Å². The Kier molecular flexibility index (Phi) is 5.22. The van der Waals surface area contributed by atoms with Gasteiger partial charge >= 0.3 is 0 Å². The van der Waals surface area contributed by atoms with E-state index in [1.54, 1.807) is 7.11 Å². The molecule has 0 aromatic carbocycles. The Morgan fingerprint density at radius 1 is 1.38 bits per heavy atom. The van der Waals surface area contributed by atoms with E-state index in [0.717, 1.165) is 36.8 Å². The highest BCUT2D eigenvalue weighted by Crippen LogP contribution is 2.27. The van der Waals surface area contributed by atoms with Crippen molar-refractivity contribution in [2.45, 2.75) is 45.6 Å². The average molecular weight is 292 g/mol. The van der Waals surface area contributed by atoms with Gasteiger partial charge in [-0.3, -0.25) is 0 Å². The lowest BCUT2D eigenvalue weighted by atomic mass is 9.90. The predicted octanol–water partition coefficient (Wildman–Crippen LogP) is 2.73. The number of pyridine rings is 1. The molecular formula is C17H28N2O2. The molecule has 4 heteroatoms. The van der Waals surface area contributed by atoms with Gasteiger partial charge in [0.15, 0.2) is 0 Å². The lowest BCUT2D eigenvalue weighted by molar-refractivity contribution is 0.143. The fourth-order valence-electron chi connectivity index (χ4n) is 2.85. The van der Waals surface area contributed by atoms with Crippen molar-refractivity contribution in [3.05, 3.63) is 23.4 Å². The average Bonchev–Trinajstić information content (AvgIpc) is 2.46. The van der Waals surface area contributed by atoms with Crippen LogP contribution < -0.4 is 4.90 Å². The van der Waals surface area contributed by atoms with Gasteiger partial charge in [0.1, 0.15) is 5.82 Å². The fourth-order valence-corrected chi connectivity index (χ4v) is 2.85. The smallest absolute Gasteiger partial charge is 0.129 e. The Hall–Kier alpha value is -1.13.